The number of nitrogens with one attached hydrogen (secondary N) is 1. The Kier molecular flexibility index (Phi) is 10.6. The van der Waals surface area contributed by atoms with Gasteiger partial charge in [0.15, 0.2) is 0 Å². The normalized spacial score (nSPS) is 16.4. The number of carbonyl (C=O) groups excluding carboxylic acids is 1. The van der Waals surface area contributed by atoms with E-state index >= 15 is 0 Å². The fraction of sp³-hybridized carbons (Fsp3) is 0.353. The Morgan fingerprint density at radius 1 is 1.13 bits per heavy atom. The number of nitrogens with zero attached hydrogens (tertiary/aromatic N) is 2. The molecule has 3 aromatic carbocycles. The summed E-state index contributed by atoms with van der Waals surface area (Å²) in [6.45, 7) is 11.3. The first-order valence-corrected chi connectivity index (χ1v) is 13.7. The number of rotatable bonds is 8. The Balaban J connectivity index is 0.000000449. The molecule has 206 valence electrons. The van der Waals surface area contributed by atoms with E-state index in [1.165, 1.54) is 28.8 Å². The van der Waals surface area contributed by atoms with Gasteiger partial charge in [0.25, 0.3) is 0 Å². The Bertz CT molecular complexity index is 1270. The molecular formula is C34H42FN3O. The van der Waals surface area contributed by atoms with E-state index in [4.69, 9.17) is 0 Å². The molecule has 4 nitrogen and oxygen atoms in total. The van der Waals surface area contributed by atoms with Gasteiger partial charge in [0.05, 0.1) is 6.54 Å². The van der Waals surface area contributed by atoms with E-state index in [1.54, 1.807) is 24.7 Å². The SMILES string of the molecule is CN/C=C\N=CCN(C(=O)C[C@H](C)c1ccccc1)c1ccc2c(c1)[C@@H](C)CC2(C)C.Cc1cccc(F)c1. The van der Waals surface area contributed by atoms with Gasteiger partial charge in [-0.15, -0.1) is 0 Å². The first kappa shape index (κ1) is 29.8. The van der Waals surface area contributed by atoms with Crippen LogP contribution in [0.5, 0.6) is 0 Å². The van der Waals surface area contributed by atoms with Crippen LogP contribution >= 0.6 is 0 Å². The van der Waals surface area contributed by atoms with E-state index in [2.05, 4.69) is 68.3 Å². The molecule has 1 aliphatic rings. The second-order valence-corrected chi connectivity index (χ2v) is 11.0. The van der Waals surface area contributed by atoms with Crippen molar-refractivity contribution < 1.29 is 9.18 Å². The van der Waals surface area contributed by atoms with Crippen LogP contribution in [0.2, 0.25) is 0 Å². The van der Waals surface area contributed by atoms with Crippen LogP contribution in [0.25, 0.3) is 0 Å². The topological polar surface area (TPSA) is 44.7 Å². The number of carbonyl (C=O) groups is 1. The van der Waals surface area contributed by atoms with E-state index in [1.807, 2.05) is 43.1 Å². The molecule has 39 heavy (non-hydrogen) atoms. The molecule has 1 N–H and O–H groups in total. The van der Waals surface area contributed by atoms with Crippen molar-refractivity contribution in [3.8, 4) is 0 Å². The maximum absolute atomic E-state index is 13.4. The summed E-state index contributed by atoms with van der Waals surface area (Å²) in [5.41, 5.74) is 6.06. The molecule has 0 radical (unpaired) electrons. The summed E-state index contributed by atoms with van der Waals surface area (Å²) in [5, 5.41) is 2.92. The number of fused-ring (bicyclic) bond motifs is 1. The third-order valence-corrected chi connectivity index (χ3v) is 7.25. The monoisotopic (exact) mass is 527 g/mol. The molecule has 0 saturated heterocycles. The Morgan fingerprint density at radius 3 is 2.51 bits per heavy atom. The molecule has 0 saturated carbocycles. The molecule has 0 heterocycles. The zero-order valence-corrected chi connectivity index (χ0v) is 24.1. The summed E-state index contributed by atoms with van der Waals surface area (Å²) < 4.78 is 12.2. The van der Waals surface area contributed by atoms with Crippen molar-refractivity contribution in [1.82, 2.24) is 5.32 Å². The first-order valence-electron chi connectivity index (χ1n) is 13.7. The number of anilines is 1. The number of aryl methyl sites for hydroxylation is 1. The molecule has 0 aliphatic heterocycles. The van der Waals surface area contributed by atoms with Crippen molar-refractivity contribution in [3.63, 3.8) is 0 Å². The van der Waals surface area contributed by atoms with Crippen molar-refractivity contribution in [2.75, 3.05) is 18.5 Å². The minimum Gasteiger partial charge on any atom is -0.393 e. The quantitative estimate of drug-likeness (QED) is 0.303. The molecule has 3 aromatic rings. The second-order valence-electron chi connectivity index (χ2n) is 11.0. The van der Waals surface area contributed by atoms with Gasteiger partial charge < -0.3 is 10.2 Å². The number of aliphatic imine (C=N–C) groups is 1. The predicted octanol–water partition coefficient (Wildman–Crippen LogP) is 7.89. The van der Waals surface area contributed by atoms with E-state index in [-0.39, 0.29) is 23.1 Å². The molecular weight excluding hydrogens is 485 g/mol. The van der Waals surface area contributed by atoms with Crippen molar-refractivity contribution >= 4 is 17.8 Å². The lowest BCUT2D eigenvalue weighted by molar-refractivity contribution is -0.118. The highest BCUT2D eigenvalue weighted by Gasteiger charge is 2.35. The Labute approximate surface area is 233 Å². The maximum atomic E-state index is 13.4. The van der Waals surface area contributed by atoms with Gasteiger partial charge in [0.1, 0.15) is 5.82 Å². The molecule has 0 aromatic heterocycles. The van der Waals surface area contributed by atoms with Crippen LogP contribution in [0.15, 0.2) is 90.2 Å². The van der Waals surface area contributed by atoms with Crippen LogP contribution in [-0.4, -0.2) is 25.7 Å². The van der Waals surface area contributed by atoms with Crippen LogP contribution in [0.1, 0.15) is 74.6 Å². The first-order chi connectivity index (χ1) is 18.6. The molecule has 4 rings (SSSR count). The van der Waals surface area contributed by atoms with Gasteiger partial charge in [-0.2, -0.15) is 0 Å². The molecule has 0 fully saturated rings. The molecule has 0 spiro atoms. The largest absolute Gasteiger partial charge is 0.393 e. The van der Waals surface area contributed by atoms with Crippen LogP contribution in [0.3, 0.4) is 0 Å². The molecule has 0 unspecified atom stereocenters. The van der Waals surface area contributed by atoms with E-state index in [0.29, 0.717) is 18.9 Å². The molecule has 5 heteroatoms. The average Bonchev–Trinajstić information content (AvgIpc) is 3.14. The zero-order chi connectivity index (χ0) is 28.4. The van der Waals surface area contributed by atoms with Gasteiger partial charge in [-0.05, 0) is 77.1 Å². The van der Waals surface area contributed by atoms with Gasteiger partial charge >= 0.3 is 0 Å². The highest BCUT2D eigenvalue weighted by atomic mass is 19.1. The molecule has 2 atom stereocenters. The number of hydrogen-bond acceptors (Lipinski definition) is 3. The fourth-order valence-electron chi connectivity index (χ4n) is 5.26. The third kappa shape index (κ3) is 8.38. The number of hydrogen-bond donors (Lipinski definition) is 1. The number of benzene rings is 3. The van der Waals surface area contributed by atoms with Crippen molar-refractivity contribution in [3.05, 3.63) is 113 Å². The Morgan fingerprint density at radius 2 is 1.87 bits per heavy atom. The highest BCUT2D eigenvalue weighted by Crippen LogP contribution is 2.46. The molecule has 1 aliphatic carbocycles. The van der Waals surface area contributed by atoms with E-state index < -0.39 is 0 Å². The van der Waals surface area contributed by atoms with Gasteiger partial charge in [-0.25, -0.2) is 4.39 Å². The predicted molar refractivity (Wildman–Crippen MR) is 162 cm³/mol. The lowest BCUT2D eigenvalue weighted by Crippen LogP contribution is -2.33. The van der Waals surface area contributed by atoms with Crippen molar-refractivity contribution in [1.29, 1.82) is 0 Å². The maximum Gasteiger partial charge on any atom is 0.227 e. The summed E-state index contributed by atoms with van der Waals surface area (Å²) in [4.78, 5) is 19.6. The van der Waals surface area contributed by atoms with Crippen LogP contribution in [0, 0.1) is 12.7 Å². The van der Waals surface area contributed by atoms with Gasteiger partial charge in [-0.1, -0.05) is 76.2 Å². The lowest BCUT2D eigenvalue weighted by atomic mass is 9.86. The zero-order valence-electron chi connectivity index (χ0n) is 24.1. The smallest absolute Gasteiger partial charge is 0.227 e. The van der Waals surface area contributed by atoms with Gasteiger partial charge in [0, 0.05) is 37.8 Å². The average molecular weight is 528 g/mol. The fourth-order valence-corrected chi connectivity index (χ4v) is 5.26. The minimum atomic E-state index is -0.162. The summed E-state index contributed by atoms with van der Waals surface area (Å²) in [6.07, 6.45) is 6.85. The van der Waals surface area contributed by atoms with Crippen molar-refractivity contribution in [2.45, 2.75) is 64.7 Å². The third-order valence-electron chi connectivity index (χ3n) is 7.25. The van der Waals surface area contributed by atoms with Crippen LogP contribution < -0.4 is 10.2 Å². The summed E-state index contributed by atoms with van der Waals surface area (Å²) >= 11 is 0. The highest BCUT2D eigenvalue weighted by molar-refractivity contribution is 5.97. The number of halogens is 1. The summed E-state index contributed by atoms with van der Waals surface area (Å²) in [5.74, 6) is 0.609. The van der Waals surface area contributed by atoms with Gasteiger partial charge in [-0.3, -0.25) is 9.79 Å². The van der Waals surface area contributed by atoms with E-state index in [0.717, 1.165) is 17.7 Å². The minimum absolute atomic E-state index is 0.116. The Hall–Kier alpha value is -3.73. The van der Waals surface area contributed by atoms with Crippen LogP contribution in [-0.2, 0) is 10.2 Å². The van der Waals surface area contributed by atoms with Crippen molar-refractivity contribution in [2.24, 2.45) is 4.99 Å². The molecule has 0 bridgehead atoms. The lowest BCUT2D eigenvalue weighted by Gasteiger charge is -2.25. The molecule has 1 amide bonds. The summed E-state index contributed by atoms with van der Waals surface area (Å²) in [7, 11) is 1.83. The van der Waals surface area contributed by atoms with Gasteiger partial charge in [0.2, 0.25) is 5.91 Å². The number of amides is 1. The summed E-state index contributed by atoms with van der Waals surface area (Å²) in [6, 6.07) is 23.3. The van der Waals surface area contributed by atoms with Crippen LogP contribution in [0.4, 0.5) is 10.1 Å². The second kappa shape index (κ2) is 13.9. The standard InChI is InChI=1S/C27H35N3O.C7H7F/c1-20(22-9-7-6-8-10-22)17-26(31)30(16-15-29-14-13-28-5)23-11-12-25-24(18-23)21(2)19-27(25,3)4;1-6-3-2-4-7(8)5-6/h6-15,18,20-21,28H,16-17,19H2,1-5H3;2-5H,1H3/b14-13-,29-15?;/t20-,21-;/m0./s1. The van der Waals surface area contributed by atoms with E-state index in [9.17, 15) is 9.18 Å².